The Morgan fingerprint density at radius 1 is 1.10 bits per heavy atom. The minimum atomic E-state index is -0.822. The minimum absolute atomic E-state index is 0.0584. The van der Waals surface area contributed by atoms with Crippen molar-refractivity contribution in [1.29, 1.82) is 0 Å². The summed E-state index contributed by atoms with van der Waals surface area (Å²) in [6.07, 6.45) is -0.822. The van der Waals surface area contributed by atoms with Crippen LogP contribution in [0.15, 0.2) is 47.3 Å². The topological polar surface area (TPSA) is 102 Å². The van der Waals surface area contributed by atoms with Gasteiger partial charge >= 0.3 is 6.09 Å². The SMILES string of the molecule is CCn1nc(C(=O)Nc2ccc(F)c(NC(=O)OC(C)(C)C)c2)c2ccccc2c1=O. The fourth-order valence-electron chi connectivity index (χ4n) is 2.92. The maximum absolute atomic E-state index is 14.1. The highest BCUT2D eigenvalue weighted by Crippen LogP contribution is 2.22. The van der Waals surface area contributed by atoms with Gasteiger partial charge in [-0.2, -0.15) is 5.10 Å². The lowest BCUT2D eigenvalue weighted by Gasteiger charge is -2.20. The number of ether oxygens (including phenoxy) is 1. The van der Waals surface area contributed by atoms with Gasteiger partial charge in [0.2, 0.25) is 0 Å². The quantitative estimate of drug-likeness (QED) is 0.652. The summed E-state index contributed by atoms with van der Waals surface area (Å²) in [6, 6.07) is 10.4. The van der Waals surface area contributed by atoms with E-state index < -0.39 is 23.4 Å². The number of halogens is 1. The van der Waals surface area contributed by atoms with Gasteiger partial charge in [-0.1, -0.05) is 18.2 Å². The van der Waals surface area contributed by atoms with Crippen molar-refractivity contribution in [3.8, 4) is 0 Å². The first-order valence-corrected chi connectivity index (χ1v) is 9.70. The van der Waals surface area contributed by atoms with Gasteiger partial charge in [0.15, 0.2) is 5.69 Å². The molecule has 2 aromatic carbocycles. The normalized spacial score (nSPS) is 11.3. The number of carbonyl (C=O) groups is 2. The molecular formula is C22H23FN4O4. The van der Waals surface area contributed by atoms with Crippen molar-refractivity contribution >= 4 is 34.1 Å². The number of anilines is 2. The second-order valence-corrected chi connectivity index (χ2v) is 7.79. The Balaban J connectivity index is 1.90. The predicted octanol–water partition coefficient (Wildman–Crippen LogP) is 4.15. The van der Waals surface area contributed by atoms with E-state index in [0.29, 0.717) is 17.3 Å². The summed E-state index contributed by atoms with van der Waals surface area (Å²) >= 11 is 0. The van der Waals surface area contributed by atoms with E-state index in [1.54, 1.807) is 52.0 Å². The lowest BCUT2D eigenvalue weighted by Crippen LogP contribution is -2.28. The van der Waals surface area contributed by atoms with E-state index in [1.165, 1.54) is 16.8 Å². The molecule has 0 saturated heterocycles. The molecule has 0 fully saturated rings. The number of hydrogen-bond acceptors (Lipinski definition) is 5. The number of fused-ring (bicyclic) bond motifs is 1. The van der Waals surface area contributed by atoms with E-state index in [2.05, 4.69) is 15.7 Å². The third-order valence-corrected chi connectivity index (χ3v) is 4.24. The number of rotatable bonds is 4. The van der Waals surface area contributed by atoms with Gasteiger partial charge in [0, 0.05) is 17.6 Å². The number of nitrogens with zero attached hydrogens (tertiary/aromatic N) is 2. The number of amides is 2. The molecule has 31 heavy (non-hydrogen) atoms. The van der Waals surface area contributed by atoms with Crippen molar-refractivity contribution in [2.75, 3.05) is 10.6 Å². The smallest absolute Gasteiger partial charge is 0.412 e. The number of aryl methyl sites for hydroxylation is 1. The van der Waals surface area contributed by atoms with Gasteiger partial charge in [-0.3, -0.25) is 14.9 Å². The Morgan fingerprint density at radius 3 is 2.42 bits per heavy atom. The summed E-state index contributed by atoms with van der Waals surface area (Å²) in [5, 5.41) is 9.91. The molecule has 0 bridgehead atoms. The molecule has 162 valence electrons. The fourth-order valence-corrected chi connectivity index (χ4v) is 2.92. The Morgan fingerprint density at radius 2 is 1.77 bits per heavy atom. The van der Waals surface area contributed by atoms with E-state index in [0.717, 1.165) is 6.07 Å². The first-order chi connectivity index (χ1) is 14.6. The summed E-state index contributed by atoms with van der Waals surface area (Å²) in [5.74, 6) is -1.26. The molecule has 0 spiro atoms. The highest BCUT2D eigenvalue weighted by Gasteiger charge is 2.19. The molecule has 0 radical (unpaired) electrons. The second kappa shape index (κ2) is 8.55. The Kier molecular flexibility index (Phi) is 6.05. The molecule has 0 aliphatic rings. The summed E-state index contributed by atoms with van der Waals surface area (Å²) in [4.78, 5) is 37.3. The van der Waals surface area contributed by atoms with Gasteiger partial charge in [-0.05, 0) is 52.0 Å². The van der Waals surface area contributed by atoms with Crippen LogP contribution in [0.5, 0.6) is 0 Å². The van der Waals surface area contributed by atoms with Crippen molar-refractivity contribution < 1.29 is 18.7 Å². The second-order valence-electron chi connectivity index (χ2n) is 7.79. The van der Waals surface area contributed by atoms with Crippen LogP contribution in [0.25, 0.3) is 10.8 Å². The van der Waals surface area contributed by atoms with E-state index in [-0.39, 0.29) is 22.6 Å². The van der Waals surface area contributed by atoms with Gasteiger partial charge < -0.3 is 10.1 Å². The predicted molar refractivity (Wildman–Crippen MR) is 116 cm³/mol. The molecule has 2 N–H and O–H groups in total. The third kappa shape index (κ3) is 5.06. The zero-order chi connectivity index (χ0) is 22.8. The highest BCUT2D eigenvalue weighted by molar-refractivity contribution is 6.11. The molecule has 1 aromatic heterocycles. The van der Waals surface area contributed by atoms with Gasteiger partial charge in [0.25, 0.3) is 11.5 Å². The third-order valence-electron chi connectivity index (χ3n) is 4.24. The maximum atomic E-state index is 14.1. The number of benzene rings is 2. The standard InChI is InChI=1S/C22H23FN4O4/c1-5-27-20(29)15-9-7-6-8-14(15)18(26-27)19(28)24-13-10-11-16(23)17(12-13)25-21(30)31-22(2,3)4/h6-12H,5H2,1-4H3,(H,24,28)(H,25,30). The largest absolute Gasteiger partial charge is 0.444 e. The van der Waals surface area contributed by atoms with Crippen LogP contribution in [0.3, 0.4) is 0 Å². The first-order valence-electron chi connectivity index (χ1n) is 9.70. The van der Waals surface area contributed by atoms with Crippen LogP contribution in [0, 0.1) is 5.82 Å². The number of hydrogen-bond donors (Lipinski definition) is 2. The first kappa shape index (κ1) is 21.9. The van der Waals surface area contributed by atoms with Gasteiger partial charge in [-0.25, -0.2) is 13.9 Å². The maximum Gasteiger partial charge on any atom is 0.412 e. The molecule has 8 nitrogen and oxygen atoms in total. The Bertz CT molecular complexity index is 1210. The van der Waals surface area contributed by atoms with E-state index in [9.17, 15) is 18.8 Å². The van der Waals surface area contributed by atoms with Crippen LogP contribution >= 0.6 is 0 Å². The Hall–Kier alpha value is -3.75. The molecule has 0 aliphatic heterocycles. The number of nitrogens with one attached hydrogen (secondary N) is 2. The van der Waals surface area contributed by atoms with Gasteiger partial charge in [-0.15, -0.1) is 0 Å². The average Bonchev–Trinajstić information content (AvgIpc) is 2.69. The van der Waals surface area contributed by atoms with E-state index in [4.69, 9.17) is 4.74 Å². The van der Waals surface area contributed by atoms with E-state index >= 15 is 0 Å². The summed E-state index contributed by atoms with van der Waals surface area (Å²) in [5.41, 5.74) is -0.897. The molecule has 1 heterocycles. The number of aromatic nitrogens is 2. The van der Waals surface area contributed by atoms with Gasteiger partial charge in [0.05, 0.1) is 11.1 Å². The number of carbonyl (C=O) groups excluding carboxylic acids is 2. The van der Waals surface area contributed by atoms with Crippen LogP contribution in [0.1, 0.15) is 38.2 Å². The summed E-state index contributed by atoms with van der Waals surface area (Å²) < 4.78 is 20.5. The minimum Gasteiger partial charge on any atom is -0.444 e. The molecule has 3 rings (SSSR count). The highest BCUT2D eigenvalue weighted by atomic mass is 19.1. The van der Waals surface area contributed by atoms with Crippen LogP contribution in [0.4, 0.5) is 20.6 Å². The zero-order valence-corrected chi connectivity index (χ0v) is 17.7. The zero-order valence-electron chi connectivity index (χ0n) is 17.7. The van der Waals surface area contributed by atoms with Crippen molar-refractivity contribution in [2.45, 2.75) is 39.8 Å². The van der Waals surface area contributed by atoms with Crippen LogP contribution in [-0.4, -0.2) is 27.4 Å². The lowest BCUT2D eigenvalue weighted by atomic mass is 10.1. The molecule has 0 aliphatic carbocycles. The Labute approximate surface area is 178 Å². The van der Waals surface area contributed by atoms with Crippen LogP contribution in [-0.2, 0) is 11.3 Å². The fraction of sp³-hybridized carbons (Fsp3) is 0.273. The van der Waals surface area contributed by atoms with Crippen molar-refractivity contribution in [3.63, 3.8) is 0 Å². The molecular weight excluding hydrogens is 403 g/mol. The van der Waals surface area contributed by atoms with Crippen molar-refractivity contribution in [2.24, 2.45) is 0 Å². The average molecular weight is 426 g/mol. The molecule has 0 saturated carbocycles. The van der Waals surface area contributed by atoms with Crippen LogP contribution < -0.4 is 16.2 Å². The van der Waals surface area contributed by atoms with E-state index in [1.807, 2.05) is 0 Å². The summed E-state index contributed by atoms with van der Waals surface area (Å²) in [7, 11) is 0. The monoisotopic (exact) mass is 426 g/mol. The summed E-state index contributed by atoms with van der Waals surface area (Å²) in [6.45, 7) is 7.11. The lowest BCUT2D eigenvalue weighted by molar-refractivity contribution is 0.0635. The molecule has 0 unspecified atom stereocenters. The molecule has 2 amide bonds. The van der Waals surface area contributed by atoms with Gasteiger partial charge in [0.1, 0.15) is 11.4 Å². The molecule has 3 aromatic rings. The van der Waals surface area contributed by atoms with Crippen LogP contribution in [0.2, 0.25) is 0 Å². The molecule has 0 atom stereocenters. The van der Waals surface area contributed by atoms with Crippen molar-refractivity contribution in [1.82, 2.24) is 9.78 Å². The van der Waals surface area contributed by atoms with Crippen molar-refractivity contribution in [3.05, 3.63) is 64.3 Å². The molecule has 9 heteroatoms.